The molecule has 3 N–H and O–H groups in total. The van der Waals surface area contributed by atoms with Crippen molar-refractivity contribution in [2.75, 3.05) is 7.11 Å². The van der Waals surface area contributed by atoms with E-state index in [1.54, 1.807) is 31.4 Å². The molecular weight excluding hydrogens is 590 g/mol. The summed E-state index contributed by atoms with van der Waals surface area (Å²) in [7, 11) is -2.51. The van der Waals surface area contributed by atoms with Crippen molar-refractivity contribution >= 4 is 33.0 Å². The number of aliphatic carboxylic acids is 1. The number of amides is 1. The Balaban J connectivity index is 1.46. The summed E-state index contributed by atoms with van der Waals surface area (Å²) in [4.78, 5) is 25.8. The number of nitrogens with zero attached hydrogens (tertiary/aromatic N) is 1. The van der Waals surface area contributed by atoms with Gasteiger partial charge < -0.3 is 14.4 Å². The van der Waals surface area contributed by atoms with Gasteiger partial charge in [-0.1, -0.05) is 55.7 Å². The van der Waals surface area contributed by atoms with Crippen LogP contribution in [0.1, 0.15) is 77.9 Å². The second-order valence-electron chi connectivity index (χ2n) is 12.4. The number of hydrogen-bond donors (Lipinski definition) is 3. The number of aromatic nitrogens is 1. The molecule has 4 aromatic rings. The first-order valence-corrected chi connectivity index (χ1v) is 17.0. The number of carboxylic acid groups (broad SMARTS) is 1. The van der Waals surface area contributed by atoms with Crippen molar-refractivity contribution in [3.8, 4) is 17.0 Å². The molecule has 2 aliphatic rings. The van der Waals surface area contributed by atoms with Gasteiger partial charge in [-0.25, -0.2) is 4.72 Å². The Kier molecular flexibility index (Phi) is 8.45. The molecular formula is C35H39N3O6S. The number of carbonyl (C=O) groups excluding carboxylic acids is 1. The first kappa shape index (κ1) is 30.9. The Morgan fingerprint density at radius 3 is 2.38 bits per heavy atom. The molecule has 2 fully saturated rings. The highest BCUT2D eigenvalue weighted by molar-refractivity contribution is 7.88. The summed E-state index contributed by atoms with van der Waals surface area (Å²) in [5, 5.41) is 11.2. The quantitative estimate of drug-likeness (QED) is 0.179. The predicted molar refractivity (Wildman–Crippen MR) is 173 cm³/mol. The van der Waals surface area contributed by atoms with Gasteiger partial charge in [-0.3, -0.25) is 9.59 Å². The third kappa shape index (κ3) is 6.35. The van der Waals surface area contributed by atoms with Crippen LogP contribution in [0.15, 0.2) is 66.7 Å². The Labute approximate surface area is 263 Å². The molecule has 6 rings (SSSR count). The second kappa shape index (κ2) is 12.3. The van der Waals surface area contributed by atoms with Crippen LogP contribution in [0.4, 0.5) is 0 Å². The number of carboxylic acids is 1. The van der Waals surface area contributed by atoms with Crippen molar-refractivity contribution in [1.82, 2.24) is 14.0 Å². The van der Waals surface area contributed by atoms with Crippen LogP contribution < -0.4 is 14.2 Å². The average molecular weight is 630 g/mol. The van der Waals surface area contributed by atoms with Gasteiger partial charge in [0.1, 0.15) is 5.75 Å². The SMILES string of the molecule is COc1ccc(-c2c(C3CCCCC3)c3ccc(C(=O)NS(=O)(=O)NCc4ccccc4)cc3n2CC2(C(=O)O)CC2)c(C)c1. The van der Waals surface area contributed by atoms with Crippen LogP contribution in [0.2, 0.25) is 0 Å². The smallest absolute Gasteiger partial charge is 0.311 e. The molecule has 2 aliphatic carbocycles. The van der Waals surface area contributed by atoms with Crippen LogP contribution in [-0.4, -0.2) is 37.1 Å². The second-order valence-corrected chi connectivity index (χ2v) is 13.9. The van der Waals surface area contributed by atoms with Gasteiger partial charge in [-0.15, -0.1) is 0 Å². The fourth-order valence-electron chi connectivity index (χ4n) is 6.69. The maximum absolute atomic E-state index is 13.4. The average Bonchev–Trinajstić information content (AvgIpc) is 3.77. The molecule has 2 saturated carbocycles. The molecule has 1 heterocycles. The summed E-state index contributed by atoms with van der Waals surface area (Å²) < 4.78 is 37.7. The highest BCUT2D eigenvalue weighted by Crippen LogP contribution is 2.51. The Hall–Kier alpha value is -4.15. The molecule has 1 aromatic heterocycles. The summed E-state index contributed by atoms with van der Waals surface area (Å²) in [6, 6.07) is 20.3. The van der Waals surface area contributed by atoms with Crippen LogP contribution >= 0.6 is 0 Å². The van der Waals surface area contributed by atoms with E-state index in [1.165, 1.54) is 12.0 Å². The maximum atomic E-state index is 13.4. The first-order chi connectivity index (χ1) is 21.6. The molecule has 1 amide bonds. The van der Waals surface area contributed by atoms with Gasteiger partial charge in [0.25, 0.3) is 5.91 Å². The molecule has 236 valence electrons. The van der Waals surface area contributed by atoms with Crippen molar-refractivity contribution in [3.63, 3.8) is 0 Å². The van der Waals surface area contributed by atoms with Crippen molar-refractivity contribution in [1.29, 1.82) is 0 Å². The molecule has 0 saturated heterocycles. The normalized spacial score (nSPS) is 16.4. The molecule has 0 spiro atoms. The molecule has 10 heteroatoms. The summed E-state index contributed by atoms with van der Waals surface area (Å²) in [6.45, 7) is 2.33. The van der Waals surface area contributed by atoms with E-state index in [0.717, 1.165) is 64.7 Å². The van der Waals surface area contributed by atoms with Crippen molar-refractivity contribution in [2.45, 2.75) is 70.9 Å². The summed E-state index contributed by atoms with van der Waals surface area (Å²) in [5.41, 5.74) is 4.93. The summed E-state index contributed by atoms with van der Waals surface area (Å²) in [6.07, 6.45) is 6.63. The van der Waals surface area contributed by atoms with E-state index in [0.29, 0.717) is 12.8 Å². The molecule has 45 heavy (non-hydrogen) atoms. The molecule has 0 bridgehead atoms. The zero-order valence-corrected chi connectivity index (χ0v) is 26.5. The minimum atomic E-state index is -4.14. The molecule has 0 aliphatic heterocycles. The first-order valence-electron chi connectivity index (χ1n) is 15.5. The number of nitrogens with one attached hydrogen (secondary N) is 2. The van der Waals surface area contributed by atoms with Crippen LogP contribution in [0.5, 0.6) is 5.75 Å². The zero-order valence-electron chi connectivity index (χ0n) is 25.6. The lowest BCUT2D eigenvalue weighted by Crippen LogP contribution is -2.39. The van der Waals surface area contributed by atoms with Crippen LogP contribution in [0.25, 0.3) is 22.2 Å². The standard InChI is InChI=1S/C35H39N3O6S/c1-23-19-27(44-2)14-16-28(23)32-31(25-11-7-4-8-12-25)29-15-13-26(20-30(29)38(32)22-35(17-18-35)34(40)41)33(39)37-45(42,43)36-21-24-9-5-3-6-10-24/h3,5-6,9-10,13-16,19-20,25,36H,4,7-8,11-12,17-18,21-22H2,1-2H3,(H,37,39)(H,40,41). The maximum Gasteiger partial charge on any atom is 0.311 e. The van der Waals surface area contributed by atoms with Crippen molar-refractivity contribution in [2.24, 2.45) is 5.41 Å². The number of benzene rings is 3. The van der Waals surface area contributed by atoms with E-state index in [-0.39, 0.29) is 24.6 Å². The number of aryl methyl sites for hydroxylation is 1. The number of hydrogen-bond acceptors (Lipinski definition) is 5. The number of fused-ring (bicyclic) bond motifs is 1. The van der Waals surface area contributed by atoms with E-state index in [9.17, 15) is 23.1 Å². The van der Waals surface area contributed by atoms with E-state index >= 15 is 0 Å². The van der Waals surface area contributed by atoms with Gasteiger partial charge in [0.2, 0.25) is 0 Å². The Morgan fingerprint density at radius 1 is 1.00 bits per heavy atom. The van der Waals surface area contributed by atoms with Gasteiger partial charge in [-0.2, -0.15) is 13.1 Å². The summed E-state index contributed by atoms with van der Waals surface area (Å²) >= 11 is 0. The molecule has 0 atom stereocenters. The van der Waals surface area contributed by atoms with Crippen LogP contribution in [0.3, 0.4) is 0 Å². The Bertz CT molecular complexity index is 1860. The van der Waals surface area contributed by atoms with Gasteiger partial charge in [-0.05, 0) is 85.5 Å². The highest BCUT2D eigenvalue weighted by atomic mass is 32.2. The molecule has 0 radical (unpaired) electrons. The van der Waals surface area contributed by atoms with Crippen LogP contribution in [-0.2, 0) is 28.1 Å². The van der Waals surface area contributed by atoms with Gasteiger partial charge >= 0.3 is 16.2 Å². The van der Waals surface area contributed by atoms with Crippen LogP contribution in [0, 0.1) is 12.3 Å². The molecule has 9 nitrogen and oxygen atoms in total. The third-order valence-corrected chi connectivity index (χ3v) is 10.4. The third-order valence-electron chi connectivity index (χ3n) is 9.37. The minimum Gasteiger partial charge on any atom is -0.497 e. The number of ether oxygens (including phenoxy) is 1. The van der Waals surface area contributed by atoms with Gasteiger partial charge in [0.15, 0.2) is 0 Å². The topological polar surface area (TPSA) is 127 Å². The number of rotatable bonds is 11. The molecule has 0 unspecified atom stereocenters. The monoisotopic (exact) mass is 629 g/mol. The molecule has 3 aromatic carbocycles. The van der Waals surface area contributed by atoms with E-state index in [4.69, 9.17) is 4.74 Å². The Morgan fingerprint density at radius 2 is 1.73 bits per heavy atom. The fourth-order valence-corrected chi connectivity index (χ4v) is 7.48. The highest BCUT2D eigenvalue weighted by Gasteiger charge is 2.51. The fraction of sp³-hybridized carbons (Fsp3) is 0.371. The predicted octanol–water partition coefficient (Wildman–Crippen LogP) is 6.30. The van der Waals surface area contributed by atoms with Gasteiger partial charge in [0.05, 0.1) is 18.2 Å². The lowest BCUT2D eigenvalue weighted by atomic mass is 9.81. The van der Waals surface area contributed by atoms with E-state index in [1.807, 2.05) is 49.4 Å². The lowest BCUT2D eigenvalue weighted by molar-refractivity contribution is -0.143. The van der Waals surface area contributed by atoms with Gasteiger partial charge in [0, 0.05) is 35.1 Å². The van der Waals surface area contributed by atoms with E-state index < -0.39 is 27.5 Å². The lowest BCUT2D eigenvalue weighted by Gasteiger charge is -2.25. The van der Waals surface area contributed by atoms with Crippen molar-refractivity contribution in [3.05, 3.63) is 89.0 Å². The zero-order chi connectivity index (χ0) is 31.8. The summed E-state index contributed by atoms with van der Waals surface area (Å²) in [5.74, 6) is -0.569. The number of carbonyl (C=O) groups is 2. The van der Waals surface area contributed by atoms with Crippen molar-refractivity contribution < 1.29 is 27.9 Å². The number of methoxy groups -OCH3 is 1. The minimum absolute atomic E-state index is 0.0396. The largest absolute Gasteiger partial charge is 0.497 e. The van der Waals surface area contributed by atoms with E-state index in [2.05, 4.69) is 14.0 Å².